The van der Waals surface area contributed by atoms with Crippen molar-refractivity contribution in [1.82, 2.24) is 5.32 Å². The summed E-state index contributed by atoms with van der Waals surface area (Å²) in [6.07, 6.45) is 3.39. The zero-order valence-corrected chi connectivity index (χ0v) is 12.1. The minimum absolute atomic E-state index is 0.0192. The van der Waals surface area contributed by atoms with Gasteiger partial charge in [-0.15, -0.1) is 0 Å². The Bertz CT molecular complexity index is 580. The molecular formula is C16H19NO4. The maximum Gasteiger partial charge on any atom is 0.328 e. The summed E-state index contributed by atoms with van der Waals surface area (Å²) in [6.45, 7) is 4.47. The largest absolute Gasteiger partial charge is 0.478 e. The normalized spacial score (nSPS) is 21.6. The highest BCUT2D eigenvalue weighted by molar-refractivity contribution is 5.95. The highest BCUT2D eigenvalue weighted by Crippen LogP contribution is 2.16. The van der Waals surface area contributed by atoms with E-state index in [1.165, 1.54) is 6.08 Å². The number of benzene rings is 1. The summed E-state index contributed by atoms with van der Waals surface area (Å²) in [5.41, 5.74) is 2.16. The monoisotopic (exact) mass is 289 g/mol. The summed E-state index contributed by atoms with van der Waals surface area (Å²) < 4.78 is 5.42. The Morgan fingerprint density at radius 2 is 2.19 bits per heavy atom. The van der Waals surface area contributed by atoms with Crippen molar-refractivity contribution in [3.05, 3.63) is 41.0 Å². The van der Waals surface area contributed by atoms with Crippen molar-refractivity contribution in [2.45, 2.75) is 32.4 Å². The van der Waals surface area contributed by atoms with E-state index in [1.807, 2.05) is 19.9 Å². The van der Waals surface area contributed by atoms with Crippen molar-refractivity contribution in [2.75, 3.05) is 6.61 Å². The third-order valence-electron chi connectivity index (χ3n) is 3.64. The number of nitrogens with one attached hydrogen (secondary N) is 1. The van der Waals surface area contributed by atoms with Gasteiger partial charge in [-0.25, -0.2) is 4.79 Å². The Kier molecular flexibility index (Phi) is 4.75. The first-order valence-corrected chi connectivity index (χ1v) is 6.91. The lowest BCUT2D eigenvalue weighted by molar-refractivity contribution is -0.131. The zero-order valence-electron chi connectivity index (χ0n) is 12.1. The van der Waals surface area contributed by atoms with Gasteiger partial charge in [0.15, 0.2) is 0 Å². The van der Waals surface area contributed by atoms with Gasteiger partial charge in [0.2, 0.25) is 0 Å². The quantitative estimate of drug-likeness (QED) is 0.831. The first kappa shape index (κ1) is 15.3. The van der Waals surface area contributed by atoms with Crippen LogP contribution in [0.3, 0.4) is 0 Å². The van der Waals surface area contributed by atoms with E-state index < -0.39 is 5.97 Å². The molecule has 0 radical (unpaired) electrons. The van der Waals surface area contributed by atoms with Crippen LogP contribution in [0.2, 0.25) is 0 Å². The minimum Gasteiger partial charge on any atom is -0.478 e. The highest BCUT2D eigenvalue weighted by Gasteiger charge is 2.25. The van der Waals surface area contributed by atoms with Gasteiger partial charge in [0.05, 0.1) is 12.1 Å². The van der Waals surface area contributed by atoms with E-state index in [4.69, 9.17) is 9.84 Å². The van der Waals surface area contributed by atoms with Crippen LogP contribution in [0.15, 0.2) is 24.3 Å². The molecule has 1 aliphatic rings. The number of aliphatic carboxylic acids is 1. The van der Waals surface area contributed by atoms with Gasteiger partial charge in [0.1, 0.15) is 0 Å². The summed E-state index contributed by atoms with van der Waals surface area (Å²) >= 11 is 0. The van der Waals surface area contributed by atoms with Gasteiger partial charge < -0.3 is 15.2 Å². The van der Waals surface area contributed by atoms with Gasteiger partial charge >= 0.3 is 5.97 Å². The van der Waals surface area contributed by atoms with Crippen molar-refractivity contribution < 1.29 is 19.4 Å². The second-order valence-corrected chi connectivity index (χ2v) is 5.19. The van der Waals surface area contributed by atoms with Gasteiger partial charge in [-0.05, 0) is 49.6 Å². The molecule has 0 saturated carbocycles. The molecule has 1 fully saturated rings. The Balaban J connectivity index is 2.14. The van der Waals surface area contributed by atoms with E-state index in [-0.39, 0.29) is 18.1 Å². The minimum atomic E-state index is -1.01. The third-order valence-corrected chi connectivity index (χ3v) is 3.64. The first-order chi connectivity index (χ1) is 9.97. The van der Waals surface area contributed by atoms with Gasteiger partial charge in [-0.1, -0.05) is 6.07 Å². The van der Waals surface area contributed by atoms with Crippen molar-refractivity contribution in [3.63, 3.8) is 0 Å². The van der Waals surface area contributed by atoms with Gasteiger partial charge in [0, 0.05) is 18.2 Å². The molecular weight excluding hydrogens is 270 g/mol. The standard InChI is InChI=1S/C16H19NO4/c1-10-3-4-13(9-12(10)5-6-15(18)19)16(20)17-14-7-8-21-11(14)2/h3-6,9,11,14H,7-8H2,1-2H3,(H,17,20)(H,18,19)/b6-5+. The molecule has 5 heteroatoms. The molecule has 1 aromatic rings. The molecule has 1 heterocycles. The first-order valence-electron chi connectivity index (χ1n) is 6.91. The predicted octanol–water partition coefficient (Wildman–Crippen LogP) is 2.00. The summed E-state index contributed by atoms with van der Waals surface area (Å²) in [4.78, 5) is 22.8. The molecule has 0 bridgehead atoms. The molecule has 1 amide bonds. The number of rotatable bonds is 4. The van der Waals surface area contributed by atoms with E-state index in [2.05, 4.69) is 5.32 Å². The second kappa shape index (κ2) is 6.54. The Labute approximate surface area is 123 Å². The Morgan fingerprint density at radius 3 is 2.81 bits per heavy atom. The number of amides is 1. The molecule has 1 aliphatic heterocycles. The van der Waals surface area contributed by atoms with E-state index in [9.17, 15) is 9.59 Å². The molecule has 2 unspecified atom stereocenters. The van der Waals surface area contributed by atoms with Crippen LogP contribution in [0.1, 0.15) is 34.8 Å². The number of hydrogen-bond donors (Lipinski definition) is 2. The lowest BCUT2D eigenvalue weighted by Gasteiger charge is -2.16. The van der Waals surface area contributed by atoms with Gasteiger partial charge in [-0.2, -0.15) is 0 Å². The fourth-order valence-electron chi connectivity index (χ4n) is 2.30. The van der Waals surface area contributed by atoms with Crippen molar-refractivity contribution in [1.29, 1.82) is 0 Å². The molecule has 1 aromatic carbocycles. The molecule has 0 spiro atoms. The summed E-state index contributed by atoms with van der Waals surface area (Å²) in [6, 6.07) is 5.27. The lowest BCUT2D eigenvalue weighted by atomic mass is 10.0. The Morgan fingerprint density at radius 1 is 1.43 bits per heavy atom. The van der Waals surface area contributed by atoms with Gasteiger partial charge in [0.25, 0.3) is 5.91 Å². The number of carboxylic acid groups (broad SMARTS) is 1. The molecule has 2 atom stereocenters. The molecule has 112 valence electrons. The van der Waals surface area contributed by atoms with Crippen LogP contribution in [0.5, 0.6) is 0 Å². The predicted molar refractivity (Wildman–Crippen MR) is 79.1 cm³/mol. The molecule has 2 N–H and O–H groups in total. The Hall–Kier alpha value is -2.14. The molecule has 0 aliphatic carbocycles. The van der Waals surface area contributed by atoms with E-state index in [0.29, 0.717) is 12.2 Å². The highest BCUT2D eigenvalue weighted by atomic mass is 16.5. The number of ether oxygens (including phenoxy) is 1. The molecule has 0 aromatic heterocycles. The fraction of sp³-hybridized carbons (Fsp3) is 0.375. The van der Waals surface area contributed by atoms with Crippen LogP contribution in [-0.2, 0) is 9.53 Å². The topological polar surface area (TPSA) is 75.6 Å². The van der Waals surface area contributed by atoms with Crippen LogP contribution in [-0.4, -0.2) is 35.7 Å². The van der Waals surface area contributed by atoms with Crippen molar-refractivity contribution in [2.24, 2.45) is 0 Å². The van der Waals surface area contributed by atoms with Crippen LogP contribution >= 0.6 is 0 Å². The molecule has 21 heavy (non-hydrogen) atoms. The van der Waals surface area contributed by atoms with Crippen LogP contribution in [0.4, 0.5) is 0 Å². The molecule has 2 rings (SSSR count). The van der Waals surface area contributed by atoms with E-state index >= 15 is 0 Å². The average Bonchev–Trinajstić information content (AvgIpc) is 2.83. The van der Waals surface area contributed by atoms with E-state index in [0.717, 1.165) is 23.6 Å². The maximum absolute atomic E-state index is 12.2. The zero-order chi connectivity index (χ0) is 15.4. The SMILES string of the molecule is Cc1ccc(C(=O)NC2CCOC2C)cc1/C=C/C(=O)O. The fourth-order valence-corrected chi connectivity index (χ4v) is 2.30. The molecule has 5 nitrogen and oxygen atoms in total. The number of aryl methyl sites for hydroxylation is 1. The van der Waals surface area contributed by atoms with Crippen LogP contribution < -0.4 is 5.32 Å². The van der Waals surface area contributed by atoms with Crippen molar-refractivity contribution in [3.8, 4) is 0 Å². The summed E-state index contributed by atoms with van der Waals surface area (Å²) in [5.74, 6) is -1.18. The van der Waals surface area contributed by atoms with Crippen LogP contribution in [0.25, 0.3) is 6.08 Å². The van der Waals surface area contributed by atoms with Crippen molar-refractivity contribution >= 4 is 18.0 Å². The summed E-state index contributed by atoms with van der Waals surface area (Å²) in [5, 5.41) is 11.6. The number of hydrogen-bond acceptors (Lipinski definition) is 3. The smallest absolute Gasteiger partial charge is 0.328 e. The number of carbonyl (C=O) groups is 2. The maximum atomic E-state index is 12.2. The number of carboxylic acids is 1. The third kappa shape index (κ3) is 3.92. The van der Waals surface area contributed by atoms with E-state index in [1.54, 1.807) is 12.1 Å². The second-order valence-electron chi connectivity index (χ2n) is 5.19. The van der Waals surface area contributed by atoms with Crippen LogP contribution in [0, 0.1) is 6.92 Å². The van der Waals surface area contributed by atoms with Gasteiger partial charge in [-0.3, -0.25) is 4.79 Å². The lowest BCUT2D eigenvalue weighted by Crippen LogP contribution is -2.39. The summed E-state index contributed by atoms with van der Waals surface area (Å²) in [7, 11) is 0. The average molecular weight is 289 g/mol. The number of carbonyl (C=O) groups excluding carboxylic acids is 1. The molecule has 1 saturated heterocycles.